The third-order valence-electron chi connectivity index (χ3n) is 5.33. The zero-order valence-electron chi connectivity index (χ0n) is 17.6. The van der Waals surface area contributed by atoms with Gasteiger partial charge in [-0.15, -0.1) is 0 Å². The van der Waals surface area contributed by atoms with Crippen molar-refractivity contribution in [1.29, 1.82) is 0 Å². The van der Waals surface area contributed by atoms with Crippen molar-refractivity contribution in [2.45, 2.75) is 37.8 Å². The second-order valence-electron chi connectivity index (χ2n) is 7.72. The summed E-state index contributed by atoms with van der Waals surface area (Å²) in [6, 6.07) is 10.1. The number of H-pyrrole nitrogens is 1. The molecule has 2 atom stereocenters. The molecule has 1 fully saturated rings. The van der Waals surface area contributed by atoms with E-state index in [9.17, 15) is 26.3 Å². The largest absolute Gasteiger partial charge is 0.416 e. The fraction of sp³-hybridized carbons (Fsp3) is 0.364. The third kappa shape index (κ3) is 5.75. The van der Waals surface area contributed by atoms with Crippen molar-refractivity contribution in [2.75, 3.05) is 13.2 Å². The van der Waals surface area contributed by atoms with Gasteiger partial charge in [0.2, 0.25) is 0 Å². The topological polar surface area (TPSA) is 63.3 Å². The van der Waals surface area contributed by atoms with Crippen molar-refractivity contribution in [2.24, 2.45) is 0 Å². The standard InChI is InChI=1S/C22H20F6N4O2/c23-21(24,25)16-8-14(9-17(10-16)22(26,27)28)12-34-20-19(15-4-2-1-3-5-15)32(6-7-33-20)11-18-29-13-30-31-18/h1-5,8-10,13,19-20H,6-7,11-12H2,(H,29,30,31). The number of aromatic amines is 1. The Labute approximate surface area is 190 Å². The number of ether oxygens (including phenoxy) is 2. The van der Waals surface area contributed by atoms with Crippen LogP contribution in [-0.2, 0) is 35.0 Å². The number of nitrogens with one attached hydrogen (secondary N) is 1. The highest BCUT2D eigenvalue weighted by Gasteiger charge is 2.38. The van der Waals surface area contributed by atoms with Crippen molar-refractivity contribution in [1.82, 2.24) is 20.1 Å². The molecule has 12 heteroatoms. The Hall–Kier alpha value is -2.96. The van der Waals surface area contributed by atoms with E-state index in [0.717, 1.165) is 5.56 Å². The summed E-state index contributed by atoms with van der Waals surface area (Å²) >= 11 is 0. The SMILES string of the molecule is FC(F)(F)c1cc(COC2OCCN(Cc3ncn[nH]3)C2c2ccccc2)cc(C(F)(F)F)c1. The second kappa shape index (κ2) is 9.72. The number of alkyl halides is 6. The van der Waals surface area contributed by atoms with Crippen LogP contribution >= 0.6 is 0 Å². The molecule has 3 aromatic rings. The van der Waals surface area contributed by atoms with Crippen LogP contribution in [0.5, 0.6) is 0 Å². The van der Waals surface area contributed by atoms with E-state index >= 15 is 0 Å². The molecule has 4 rings (SSSR count). The molecular formula is C22H20F6N4O2. The number of hydrogen-bond donors (Lipinski definition) is 1. The van der Waals surface area contributed by atoms with Crippen LogP contribution in [0.1, 0.15) is 34.1 Å². The molecular weight excluding hydrogens is 466 g/mol. The molecule has 0 amide bonds. The molecule has 0 aliphatic carbocycles. The summed E-state index contributed by atoms with van der Waals surface area (Å²) in [6.45, 7) is 0.613. The van der Waals surface area contributed by atoms with Crippen molar-refractivity contribution in [3.8, 4) is 0 Å². The maximum absolute atomic E-state index is 13.2. The number of aromatic nitrogens is 3. The molecule has 1 aliphatic heterocycles. The smallest absolute Gasteiger partial charge is 0.349 e. The molecule has 1 aliphatic rings. The van der Waals surface area contributed by atoms with Crippen LogP contribution < -0.4 is 0 Å². The minimum atomic E-state index is -4.93. The Morgan fingerprint density at radius 2 is 1.68 bits per heavy atom. The van der Waals surface area contributed by atoms with Crippen LogP contribution in [0, 0.1) is 0 Å². The zero-order chi connectivity index (χ0) is 24.3. The lowest BCUT2D eigenvalue weighted by Gasteiger charge is -2.40. The summed E-state index contributed by atoms with van der Waals surface area (Å²) < 4.78 is 90.7. The highest BCUT2D eigenvalue weighted by Crippen LogP contribution is 2.37. The van der Waals surface area contributed by atoms with E-state index < -0.39 is 42.4 Å². The van der Waals surface area contributed by atoms with E-state index in [2.05, 4.69) is 15.2 Å². The molecule has 6 nitrogen and oxygen atoms in total. The van der Waals surface area contributed by atoms with Gasteiger partial charge in [-0.2, -0.15) is 31.4 Å². The first kappa shape index (κ1) is 24.2. The van der Waals surface area contributed by atoms with E-state index in [1.165, 1.54) is 6.33 Å². The van der Waals surface area contributed by atoms with Gasteiger partial charge >= 0.3 is 12.4 Å². The normalized spacial score (nSPS) is 19.9. The van der Waals surface area contributed by atoms with Crippen molar-refractivity contribution in [3.05, 3.63) is 82.9 Å². The Kier molecular flexibility index (Phi) is 6.91. The quantitative estimate of drug-likeness (QED) is 0.499. The van der Waals surface area contributed by atoms with Gasteiger partial charge in [-0.05, 0) is 29.3 Å². The van der Waals surface area contributed by atoms with Gasteiger partial charge in [-0.3, -0.25) is 10.00 Å². The summed E-state index contributed by atoms with van der Waals surface area (Å²) in [7, 11) is 0. The van der Waals surface area contributed by atoms with E-state index in [0.29, 0.717) is 31.0 Å². The Balaban J connectivity index is 1.59. The van der Waals surface area contributed by atoms with E-state index in [-0.39, 0.29) is 18.2 Å². The molecule has 1 aromatic heterocycles. The molecule has 34 heavy (non-hydrogen) atoms. The van der Waals surface area contributed by atoms with Gasteiger partial charge < -0.3 is 9.47 Å². The van der Waals surface area contributed by atoms with Crippen LogP contribution in [0.25, 0.3) is 0 Å². The summed E-state index contributed by atoms with van der Waals surface area (Å²) in [5.74, 6) is 0.592. The van der Waals surface area contributed by atoms with Gasteiger partial charge in [0.05, 0.1) is 36.9 Å². The fourth-order valence-corrected chi connectivity index (χ4v) is 3.80. The summed E-state index contributed by atoms with van der Waals surface area (Å²) in [6.07, 6.45) is -9.44. The fourth-order valence-electron chi connectivity index (χ4n) is 3.80. The van der Waals surface area contributed by atoms with Crippen molar-refractivity contribution in [3.63, 3.8) is 0 Å². The van der Waals surface area contributed by atoms with Gasteiger partial charge in [-0.25, -0.2) is 4.98 Å². The Morgan fingerprint density at radius 3 is 2.26 bits per heavy atom. The van der Waals surface area contributed by atoms with E-state index in [4.69, 9.17) is 9.47 Å². The van der Waals surface area contributed by atoms with Crippen LogP contribution in [0.15, 0.2) is 54.9 Å². The Bertz CT molecular complexity index is 1040. The average molecular weight is 486 g/mol. The number of hydrogen-bond acceptors (Lipinski definition) is 5. The van der Waals surface area contributed by atoms with Gasteiger partial charge in [0.1, 0.15) is 12.2 Å². The summed E-state index contributed by atoms with van der Waals surface area (Å²) in [5, 5.41) is 6.60. The highest BCUT2D eigenvalue weighted by atomic mass is 19.4. The van der Waals surface area contributed by atoms with Gasteiger partial charge in [0, 0.05) is 6.54 Å². The van der Waals surface area contributed by atoms with Crippen LogP contribution in [-0.4, -0.2) is 39.5 Å². The maximum atomic E-state index is 13.2. The predicted molar refractivity (Wildman–Crippen MR) is 107 cm³/mol. The molecule has 0 bridgehead atoms. The van der Waals surface area contributed by atoms with Crippen LogP contribution in [0.4, 0.5) is 26.3 Å². The average Bonchev–Trinajstić information content (AvgIpc) is 3.30. The second-order valence-corrected chi connectivity index (χ2v) is 7.72. The lowest BCUT2D eigenvalue weighted by Crippen LogP contribution is -2.46. The molecule has 182 valence electrons. The number of nitrogens with zero attached hydrogens (tertiary/aromatic N) is 3. The first-order valence-corrected chi connectivity index (χ1v) is 10.3. The van der Waals surface area contributed by atoms with Gasteiger partial charge in [0.25, 0.3) is 0 Å². The molecule has 0 saturated carbocycles. The highest BCUT2D eigenvalue weighted by molar-refractivity contribution is 5.33. The van der Waals surface area contributed by atoms with Gasteiger partial charge in [0.15, 0.2) is 6.29 Å². The Morgan fingerprint density at radius 1 is 1.00 bits per heavy atom. The lowest BCUT2D eigenvalue weighted by molar-refractivity contribution is -0.218. The minimum Gasteiger partial charge on any atom is -0.349 e. The van der Waals surface area contributed by atoms with E-state index in [1.54, 1.807) is 0 Å². The van der Waals surface area contributed by atoms with Gasteiger partial charge in [-0.1, -0.05) is 30.3 Å². The monoisotopic (exact) mass is 486 g/mol. The minimum absolute atomic E-state index is 0.0898. The molecule has 2 aromatic carbocycles. The van der Waals surface area contributed by atoms with Crippen molar-refractivity contribution >= 4 is 0 Å². The number of rotatable bonds is 6. The van der Waals surface area contributed by atoms with Crippen LogP contribution in [0.2, 0.25) is 0 Å². The number of halogens is 6. The van der Waals surface area contributed by atoms with Crippen LogP contribution in [0.3, 0.4) is 0 Å². The molecule has 1 N–H and O–H groups in total. The van der Waals surface area contributed by atoms with Crippen molar-refractivity contribution < 1.29 is 35.8 Å². The predicted octanol–water partition coefficient (Wildman–Crippen LogP) is 4.96. The van der Waals surface area contributed by atoms with E-state index in [1.807, 2.05) is 35.2 Å². The molecule has 0 spiro atoms. The lowest BCUT2D eigenvalue weighted by atomic mass is 10.0. The first-order chi connectivity index (χ1) is 16.1. The molecule has 2 heterocycles. The number of morpholine rings is 1. The summed E-state index contributed by atoms with van der Waals surface area (Å²) in [5.41, 5.74) is -2.23. The maximum Gasteiger partial charge on any atom is 0.416 e. The molecule has 2 unspecified atom stereocenters. The first-order valence-electron chi connectivity index (χ1n) is 10.3. The summed E-state index contributed by atoms with van der Waals surface area (Å²) in [4.78, 5) is 6.12. The molecule has 0 radical (unpaired) electrons. The molecule has 1 saturated heterocycles. The third-order valence-corrected chi connectivity index (χ3v) is 5.33. The zero-order valence-corrected chi connectivity index (χ0v) is 17.6. The number of benzene rings is 2.